The number of nitrogens with zero attached hydrogens (tertiary/aromatic N) is 1. The van der Waals surface area contributed by atoms with Gasteiger partial charge in [-0.05, 0) is 48.1 Å². The molecule has 2 aromatic carbocycles. The molecule has 1 aliphatic rings. The Morgan fingerprint density at radius 3 is 2.38 bits per heavy atom. The van der Waals surface area contributed by atoms with Crippen LogP contribution < -0.4 is 5.32 Å². The second-order valence-corrected chi connectivity index (χ2v) is 6.81. The lowest BCUT2D eigenvalue weighted by molar-refractivity contribution is -0.465. The molecule has 6 nitrogen and oxygen atoms in total. The molecule has 0 fully saturated rings. The lowest BCUT2D eigenvalue weighted by Gasteiger charge is -2.11. The van der Waals surface area contributed by atoms with E-state index in [1.165, 1.54) is 29.3 Å². The monoisotopic (exact) mass is 372 g/mol. The van der Waals surface area contributed by atoms with Crippen LogP contribution >= 0.6 is 11.6 Å². The zero-order chi connectivity index (χ0) is 18.7. The molecule has 134 valence electrons. The number of hydrogen-bond donors (Lipinski definition) is 1. The highest BCUT2D eigenvalue weighted by atomic mass is 35.5. The van der Waals surface area contributed by atoms with Crippen LogP contribution in [-0.2, 0) is 17.6 Å². The Kier molecular flexibility index (Phi) is 5.32. The average Bonchev–Trinajstić information content (AvgIpc) is 2.96. The third-order valence-corrected chi connectivity index (χ3v) is 4.75. The maximum absolute atomic E-state index is 12.3. The van der Waals surface area contributed by atoms with Crippen LogP contribution in [-0.4, -0.2) is 23.2 Å². The Morgan fingerprint density at radius 1 is 1.15 bits per heavy atom. The van der Waals surface area contributed by atoms with Crippen molar-refractivity contribution in [2.75, 3.05) is 11.9 Å². The van der Waals surface area contributed by atoms with Gasteiger partial charge in [0.05, 0.1) is 5.02 Å². The van der Waals surface area contributed by atoms with Crippen molar-refractivity contribution < 1.29 is 14.5 Å². The summed E-state index contributed by atoms with van der Waals surface area (Å²) in [6.07, 6.45) is 2.17. The maximum atomic E-state index is 12.3. The van der Waals surface area contributed by atoms with Crippen LogP contribution in [0.15, 0.2) is 42.5 Å². The quantitative estimate of drug-likeness (QED) is 0.477. The Bertz CT molecular complexity index is 857. The first-order valence-corrected chi connectivity index (χ1v) is 8.61. The normalized spacial score (nSPS) is 13.3. The third-order valence-electron chi connectivity index (χ3n) is 4.44. The van der Waals surface area contributed by atoms with E-state index < -0.39 is 17.3 Å². The largest absolute Gasteiger partial charge is 0.326 e. The molecule has 3 rings (SSSR count). The number of Topliss-reactive ketones (excluding diaryl/α,β-unsaturated/α-hetero) is 1. The second kappa shape index (κ2) is 7.66. The number of rotatable bonds is 6. The van der Waals surface area contributed by atoms with Crippen LogP contribution in [0.25, 0.3) is 0 Å². The summed E-state index contributed by atoms with van der Waals surface area (Å²) >= 11 is 6.03. The van der Waals surface area contributed by atoms with Gasteiger partial charge in [0.15, 0.2) is 0 Å². The van der Waals surface area contributed by atoms with Gasteiger partial charge in [0.1, 0.15) is 0 Å². The fraction of sp³-hybridized carbons (Fsp3) is 0.263. The molecule has 0 heterocycles. The first-order valence-electron chi connectivity index (χ1n) is 8.23. The lowest BCUT2D eigenvalue weighted by Crippen LogP contribution is -2.17. The van der Waals surface area contributed by atoms with Crippen molar-refractivity contribution in [3.05, 3.63) is 74.3 Å². The number of hydrogen-bond acceptors (Lipinski definition) is 4. The third kappa shape index (κ3) is 4.26. The highest BCUT2D eigenvalue weighted by Crippen LogP contribution is 2.29. The molecule has 0 unspecified atom stereocenters. The number of carbonyl (C=O) groups excluding carboxylic acids is 2. The van der Waals surface area contributed by atoms with Gasteiger partial charge in [0.25, 0.3) is 6.54 Å². The summed E-state index contributed by atoms with van der Waals surface area (Å²) < 4.78 is 0. The molecule has 2 aromatic rings. The first-order chi connectivity index (χ1) is 12.4. The van der Waals surface area contributed by atoms with E-state index in [9.17, 15) is 19.7 Å². The van der Waals surface area contributed by atoms with Crippen molar-refractivity contribution in [1.29, 1.82) is 0 Å². The molecule has 26 heavy (non-hydrogen) atoms. The summed E-state index contributed by atoms with van der Waals surface area (Å²) in [5, 5.41) is 13.3. The number of anilines is 1. The van der Waals surface area contributed by atoms with E-state index in [1.54, 1.807) is 0 Å². The lowest BCUT2D eigenvalue weighted by atomic mass is 10.0. The molecule has 0 saturated heterocycles. The standard InChI is InChI=1S/C19H17ClN2O4/c20-17-10-15(5-6-16(17)18(23)11-22(25)26)21-19(24)9-12-7-13-3-1-2-4-14(13)8-12/h1-6,10,12H,7-9,11H2,(H,21,24). The SMILES string of the molecule is O=C(CC1Cc2ccccc2C1)Nc1ccc(C(=O)C[N+](=O)[O-])c(Cl)c1. The molecule has 0 spiro atoms. The Hall–Kier alpha value is -2.73. The molecule has 0 aromatic heterocycles. The highest BCUT2D eigenvalue weighted by Gasteiger charge is 2.23. The maximum Gasteiger partial charge on any atom is 0.265 e. The van der Waals surface area contributed by atoms with Crippen molar-refractivity contribution >= 4 is 29.0 Å². The topological polar surface area (TPSA) is 89.3 Å². The number of nitro groups is 1. The zero-order valence-corrected chi connectivity index (χ0v) is 14.7. The van der Waals surface area contributed by atoms with E-state index >= 15 is 0 Å². The molecule has 1 N–H and O–H groups in total. The van der Waals surface area contributed by atoms with Crippen LogP contribution in [0.3, 0.4) is 0 Å². The number of halogens is 1. The van der Waals surface area contributed by atoms with Gasteiger partial charge in [-0.25, -0.2) is 0 Å². The predicted molar refractivity (Wildman–Crippen MR) is 98.2 cm³/mol. The van der Waals surface area contributed by atoms with Crippen LogP contribution in [0.4, 0.5) is 5.69 Å². The summed E-state index contributed by atoms with van der Waals surface area (Å²) in [7, 11) is 0. The van der Waals surface area contributed by atoms with Crippen molar-refractivity contribution in [2.45, 2.75) is 19.3 Å². The van der Waals surface area contributed by atoms with Gasteiger partial charge in [-0.3, -0.25) is 19.7 Å². The minimum Gasteiger partial charge on any atom is -0.326 e. The fourth-order valence-electron chi connectivity index (χ4n) is 3.29. The van der Waals surface area contributed by atoms with Gasteiger partial charge in [0, 0.05) is 22.6 Å². The molecule has 0 saturated carbocycles. The van der Waals surface area contributed by atoms with E-state index in [1.807, 2.05) is 12.1 Å². The Balaban J connectivity index is 1.59. The van der Waals surface area contributed by atoms with Crippen LogP contribution in [0.1, 0.15) is 27.9 Å². The van der Waals surface area contributed by atoms with Gasteiger partial charge in [-0.2, -0.15) is 0 Å². The van der Waals surface area contributed by atoms with Crippen LogP contribution in [0.5, 0.6) is 0 Å². The van der Waals surface area contributed by atoms with Gasteiger partial charge in [-0.1, -0.05) is 35.9 Å². The van der Waals surface area contributed by atoms with Crippen molar-refractivity contribution in [3.8, 4) is 0 Å². The predicted octanol–water partition coefficient (Wildman–Crippen LogP) is 3.54. The summed E-state index contributed by atoms with van der Waals surface area (Å²) in [5.41, 5.74) is 3.13. The average molecular weight is 373 g/mol. The Labute approximate surface area is 155 Å². The number of amides is 1. The van der Waals surface area contributed by atoms with Gasteiger partial charge >= 0.3 is 0 Å². The van der Waals surface area contributed by atoms with E-state index in [2.05, 4.69) is 17.4 Å². The summed E-state index contributed by atoms with van der Waals surface area (Å²) in [6.45, 7) is -0.812. The van der Waals surface area contributed by atoms with Crippen LogP contribution in [0.2, 0.25) is 5.02 Å². The van der Waals surface area contributed by atoms with Crippen molar-refractivity contribution in [3.63, 3.8) is 0 Å². The van der Waals surface area contributed by atoms with E-state index in [0.717, 1.165) is 12.8 Å². The van der Waals surface area contributed by atoms with Crippen molar-refractivity contribution in [1.82, 2.24) is 0 Å². The Morgan fingerprint density at radius 2 is 1.81 bits per heavy atom. The molecule has 0 atom stereocenters. The minimum atomic E-state index is -0.812. The van der Waals surface area contributed by atoms with Gasteiger partial charge < -0.3 is 5.32 Å². The number of benzene rings is 2. The van der Waals surface area contributed by atoms with Crippen LogP contribution in [0, 0.1) is 16.0 Å². The minimum absolute atomic E-state index is 0.0765. The number of fused-ring (bicyclic) bond motifs is 1. The van der Waals surface area contributed by atoms with E-state index in [4.69, 9.17) is 11.6 Å². The molecular weight excluding hydrogens is 356 g/mol. The van der Waals surface area contributed by atoms with Gasteiger partial charge in [0.2, 0.25) is 11.7 Å². The smallest absolute Gasteiger partial charge is 0.265 e. The number of ketones is 1. The molecule has 7 heteroatoms. The molecular formula is C19H17ClN2O4. The molecule has 0 radical (unpaired) electrons. The molecule has 1 amide bonds. The fourth-order valence-corrected chi connectivity index (χ4v) is 3.58. The summed E-state index contributed by atoms with van der Waals surface area (Å²) in [6, 6.07) is 12.6. The molecule has 0 aliphatic heterocycles. The van der Waals surface area contributed by atoms with Crippen molar-refractivity contribution in [2.24, 2.45) is 5.92 Å². The number of carbonyl (C=O) groups is 2. The molecule has 1 aliphatic carbocycles. The van der Waals surface area contributed by atoms with E-state index in [-0.39, 0.29) is 22.4 Å². The second-order valence-electron chi connectivity index (χ2n) is 6.40. The summed E-state index contributed by atoms with van der Waals surface area (Å²) in [5.74, 6) is -0.520. The van der Waals surface area contributed by atoms with Gasteiger partial charge in [-0.15, -0.1) is 0 Å². The highest BCUT2D eigenvalue weighted by molar-refractivity contribution is 6.34. The first kappa shape index (κ1) is 18.1. The number of nitrogens with one attached hydrogen (secondary N) is 1. The zero-order valence-electron chi connectivity index (χ0n) is 13.9. The van der Waals surface area contributed by atoms with E-state index in [0.29, 0.717) is 12.1 Å². The molecule has 0 bridgehead atoms. The summed E-state index contributed by atoms with van der Waals surface area (Å²) in [4.78, 5) is 33.8.